The first-order chi connectivity index (χ1) is 9.16. The second kappa shape index (κ2) is 8.55. The van der Waals surface area contributed by atoms with E-state index in [0.29, 0.717) is 0 Å². The Kier molecular flexibility index (Phi) is 7.87. The van der Waals surface area contributed by atoms with Crippen LogP contribution in [0.2, 0.25) is 0 Å². The lowest BCUT2D eigenvalue weighted by atomic mass is 9.97. The first-order valence-electron chi connectivity index (χ1n) is 6.69. The molecule has 1 unspecified atom stereocenters. The summed E-state index contributed by atoms with van der Waals surface area (Å²) in [7, 11) is 0. The number of esters is 3. The lowest BCUT2D eigenvalue weighted by molar-refractivity contribution is -0.164. The fourth-order valence-electron chi connectivity index (χ4n) is 1.11. The standard InChI is InChI=1S/C14H24O6/c1-6-18-11(15)7-8-12(16)19-9-10(2)20-13(17)14(3,4)5/h10H,6-9H2,1-5H3. The molecule has 6 heteroatoms. The number of carbonyl (C=O) groups is 3. The van der Waals surface area contributed by atoms with Gasteiger partial charge in [-0.05, 0) is 34.6 Å². The van der Waals surface area contributed by atoms with E-state index in [-0.39, 0.29) is 32.0 Å². The number of carbonyl (C=O) groups excluding carboxylic acids is 3. The van der Waals surface area contributed by atoms with Gasteiger partial charge >= 0.3 is 17.9 Å². The van der Waals surface area contributed by atoms with Crippen LogP contribution in [0.25, 0.3) is 0 Å². The quantitative estimate of drug-likeness (QED) is 0.525. The molecule has 0 rings (SSSR count). The van der Waals surface area contributed by atoms with Gasteiger partial charge in [0, 0.05) is 0 Å². The van der Waals surface area contributed by atoms with E-state index in [0.717, 1.165) is 0 Å². The molecule has 0 radical (unpaired) electrons. The molecular weight excluding hydrogens is 264 g/mol. The maximum Gasteiger partial charge on any atom is 0.311 e. The van der Waals surface area contributed by atoms with Gasteiger partial charge in [-0.15, -0.1) is 0 Å². The molecule has 20 heavy (non-hydrogen) atoms. The molecule has 0 fully saturated rings. The van der Waals surface area contributed by atoms with Crippen molar-refractivity contribution in [2.75, 3.05) is 13.2 Å². The molecule has 0 amide bonds. The summed E-state index contributed by atoms with van der Waals surface area (Å²) in [5.74, 6) is -1.30. The Hall–Kier alpha value is -1.59. The molecule has 6 nitrogen and oxygen atoms in total. The summed E-state index contributed by atoms with van der Waals surface area (Å²) in [4.78, 5) is 34.0. The minimum Gasteiger partial charge on any atom is -0.466 e. The fourth-order valence-corrected chi connectivity index (χ4v) is 1.11. The van der Waals surface area contributed by atoms with Crippen LogP contribution in [-0.2, 0) is 28.6 Å². The third kappa shape index (κ3) is 8.50. The van der Waals surface area contributed by atoms with E-state index >= 15 is 0 Å². The zero-order chi connectivity index (χ0) is 15.8. The Morgan fingerprint density at radius 3 is 1.95 bits per heavy atom. The molecule has 1 atom stereocenters. The summed E-state index contributed by atoms with van der Waals surface area (Å²) in [5.41, 5.74) is -0.595. The Morgan fingerprint density at radius 2 is 1.50 bits per heavy atom. The van der Waals surface area contributed by atoms with Crippen molar-refractivity contribution in [3.05, 3.63) is 0 Å². The van der Waals surface area contributed by atoms with Gasteiger partial charge in [0.1, 0.15) is 12.7 Å². The molecule has 116 valence electrons. The van der Waals surface area contributed by atoms with Crippen LogP contribution in [0, 0.1) is 5.41 Å². The average molecular weight is 288 g/mol. The van der Waals surface area contributed by atoms with Crippen molar-refractivity contribution in [3.8, 4) is 0 Å². The molecule has 0 aromatic rings. The summed E-state index contributed by atoms with van der Waals surface area (Å²) in [6.45, 7) is 8.83. The van der Waals surface area contributed by atoms with Crippen LogP contribution in [0.15, 0.2) is 0 Å². The minimum absolute atomic E-state index is 0.0111. The highest BCUT2D eigenvalue weighted by atomic mass is 16.6. The molecule has 0 aliphatic carbocycles. The molecule has 0 aliphatic heterocycles. The van der Waals surface area contributed by atoms with Gasteiger partial charge in [-0.2, -0.15) is 0 Å². The summed E-state index contributed by atoms with van der Waals surface area (Å²) >= 11 is 0. The Morgan fingerprint density at radius 1 is 1.00 bits per heavy atom. The van der Waals surface area contributed by atoms with E-state index in [4.69, 9.17) is 14.2 Å². The maximum absolute atomic E-state index is 11.6. The second-order valence-electron chi connectivity index (χ2n) is 5.45. The zero-order valence-electron chi connectivity index (χ0n) is 12.9. The SMILES string of the molecule is CCOC(=O)CCC(=O)OCC(C)OC(=O)C(C)(C)C. The van der Waals surface area contributed by atoms with Gasteiger partial charge in [0.25, 0.3) is 0 Å². The van der Waals surface area contributed by atoms with Crippen molar-refractivity contribution >= 4 is 17.9 Å². The molecule has 0 spiro atoms. The third-order valence-electron chi connectivity index (χ3n) is 2.24. The first-order valence-corrected chi connectivity index (χ1v) is 6.69. The largest absolute Gasteiger partial charge is 0.466 e. The van der Waals surface area contributed by atoms with Crippen LogP contribution in [0.3, 0.4) is 0 Å². The van der Waals surface area contributed by atoms with E-state index < -0.39 is 23.5 Å². The van der Waals surface area contributed by atoms with E-state index in [9.17, 15) is 14.4 Å². The smallest absolute Gasteiger partial charge is 0.311 e. The van der Waals surface area contributed by atoms with Gasteiger partial charge in [-0.3, -0.25) is 14.4 Å². The summed E-state index contributed by atoms with van der Waals surface area (Å²) in [6.07, 6.45) is -0.574. The van der Waals surface area contributed by atoms with Crippen LogP contribution in [0.1, 0.15) is 47.5 Å². The van der Waals surface area contributed by atoms with E-state index in [1.54, 1.807) is 34.6 Å². The van der Waals surface area contributed by atoms with Crippen molar-refractivity contribution in [2.24, 2.45) is 5.41 Å². The van der Waals surface area contributed by atoms with Crippen molar-refractivity contribution in [2.45, 2.75) is 53.6 Å². The maximum atomic E-state index is 11.6. The zero-order valence-corrected chi connectivity index (χ0v) is 12.9. The van der Waals surface area contributed by atoms with Crippen LogP contribution >= 0.6 is 0 Å². The van der Waals surface area contributed by atoms with Crippen molar-refractivity contribution in [1.29, 1.82) is 0 Å². The first kappa shape index (κ1) is 18.4. The lowest BCUT2D eigenvalue weighted by Crippen LogP contribution is -2.29. The molecule has 0 aliphatic rings. The number of hydrogen-bond donors (Lipinski definition) is 0. The molecule has 0 N–H and O–H groups in total. The Labute approximate surface area is 119 Å². The predicted octanol–water partition coefficient (Wildman–Crippen LogP) is 1.85. The molecular formula is C14H24O6. The van der Waals surface area contributed by atoms with Gasteiger partial charge in [0.2, 0.25) is 0 Å². The molecule has 0 aromatic carbocycles. The monoisotopic (exact) mass is 288 g/mol. The van der Waals surface area contributed by atoms with Crippen LogP contribution in [-0.4, -0.2) is 37.2 Å². The number of ether oxygens (including phenoxy) is 3. The fraction of sp³-hybridized carbons (Fsp3) is 0.786. The van der Waals surface area contributed by atoms with Crippen molar-refractivity contribution in [3.63, 3.8) is 0 Å². The number of hydrogen-bond acceptors (Lipinski definition) is 6. The molecule has 0 saturated heterocycles. The minimum atomic E-state index is -0.595. The van der Waals surface area contributed by atoms with E-state index in [2.05, 4.69) is 0 Å². The van der Waals surface area contributed by atoms with Gasteiger partial charge in [-0.25, -0.2) is 0 Å². The van der Waals surface area contributed by atoms with Crippen LogP contribution in [0.4, 0.5) is 0 Å². The van der Waals surface area contributed by atoms with Gasteiger partial charge in [0.15, 0.2) is 0 Å². The summed E-state index contributed by atoms with van der Waals surface area (Å²) in [5, 5.41) is 0. The molecule has 0 aromatic heterocycles. The highest BCUT2D eigenvalue weighted by molar-refractivity contribution is 5.77. The predicted molar refractivity (Wildman–Crippen MR) is 71.8 cm³/mol. The van der Waals surface area contributed by atoms with Crippen LogP contribution < -0.4 is 0 Å². The Bertz CT molecular complexity index is 342. The highest BCUT2D eigenvalue weighted by Gasteiger charge is 2.25. The topological polar surface area (TPSA) is 78.9 Å². The number of rotatable bonds is 7. The lowest BCUT2D eigenvalue weighted by Gasteiger charge is -2.20. The Balaban J connectivity index is 3.89. The highest BCUT2D eigenvalue weighted by Crippen LogP contribution is 2.16. The van der Waals surface area contributed by atoms with Crippen molar-refractivity contribution < 1.29 is 28.6 Å². The summed E-state index contributed by atoms with van der Waals surface area (Å²) < 4.78 is 14.7. The average Bonchev–Trinajstić information content (AvgIpc) is 2.33. The summed E-state index contributed by atoms with van der Waals surface area (Å²) in [6, 6.07) is 0. The second-order valence-corrected chi connectivity index (χ2v) is 5.45. The van der Waals surface area contributed by atoms with Crippen LogP contribution in [0.5, 0.6) is 0 Å². The third-order valence-corrected chi connectivity index (χ3v) is 2.24. The van der Waals surface area contributed by atoms with E-state index in [1.807, 2.05) is 0 Å². The molecule has 0 saturated carbocycles. The molecule has 0 heterocycles. The van der Waals surface area contributed by atoms with Gasteiger partial charge < -0.3 is 14.2 Å². The molecule has 0 bridgehead atoms. The normalized spacial score (nSPS) is 12.4. The van der Waals surface area contributed by atoms with E-state index in [1.165, 1.54) is 0 Å². The van der Waals surface area contributed by atoms with Gasteiger partial charge in [-0.1, -0.05) is 0 Å². The van der Waals surface area contributed by atoms with Crippen molar-refractivity contribution in [1.82, 2.24) is 0 Å². The van der Waals surface area contributed by atoms with Gasteiger partial charge in [0.05, 0.1) is 24.9 Å².